The van der Waals surface area contributed by atoms with Crippen molar-refractivity contribution in [1.82, 2.24) is 29.8 Å². The number of amidine groups is 1. The zero-order chi connectivity index (χ0) is 23.4. The molecule has 4 aliphatic rings. The van der Waals surface area contributed by atoms with E-state index >= 15 is 0 Å². The lowest BCUT2D eigenvalue weighted by Gasteiger charge is -2.30. The minimum atomic E-state index is -0.504. The maximum absolute atomic E-state index is 13.4. The first-order valence-corrected chi connectivity index (χ1v) is 11.5. The summed E-state index contributed by atoms with van der Waals surface area (Å²) in [6.45, 7) is 7.58. The highest BCUT2D eigenvalue weighted by molar-refractivity contribution is 6.12. The second-order valence-corrected chi connectivity index (χ2v) is 8.81. The molecular weight excluding hydrogens is 434 g/mol. The third-order valence-electron chi connectivity index (χ3n) is 6.65. The Bertz CT molecular complexity index is 1220. The van der Waals surface area contributed by atoms with Crippen molar-refractivity contribution in [3.8, 4) is 0 Å². The molecular formula is C23H27N9O2. The fraction of sp³-hybridized carbons (Fsp3) is 0.391. The average Bonchev–Trinajstić information content (AvgIpc) is 3.54. The molecule has 6 rings (SSSR count). The molecule has 2 amide bonds. The van der Waals surface area contributed by atoms with E-state index in [1.54, 1.807) is 16.2 Å². The van der Waals surface area contributed by atoms with Crippen LogP contribution in [0.1, 0.15) is 29.5 Å². The van der Waals surface area contributed by atoms with Gasteiger partial charge in [0.2, 0.25) is 6.29 Å². The topological polar surface area (TPSA) is 110 Å². The molecule has 176 valence electrons. The van der Waals surface area contributed by atoms with Crippen molar-refractivity contribution in [2.45, 2.75) is 33.1 Å². The number of carbonyl (C=O) groups excluding carboxylic acids is 1. The zero-order valence-corrected chi connectivity index (χ0v) is 19.3. The third kappa shape index (κ3) is 3.19. The molecule has 11 nitrogen and oxygen atoms in total. The van der Waals surface area contributed by atoms with Crippen LogP contribution in [-0.4, -0.2) is 80.5 Å². The quantitative estimate of drug-likeness (QED) is 0.674. The number of amides is 2. The molecule has 1 atom stereocenters. The number of hydrogen-bond acceptors (Lipinski definition) is 9. The van der Waals surface area contributed by atoms with Crippen LogP contribution in [0.15, 0.2) is 50.8 Å². The maximum atomic E-state index is 13.4. The second kappa shape index (κ2) is 7.96. The lowest BCUT2D eigenvalue weighted by Crippen LogP contribution is -2.45. The molecule has 0 spiro atoms. The van der Waals surface area contributed by atoms with Gasteiger partial charge >= 0.3 is 6.03 Å². The number of rotatable bonds is 5. The number of hydrazine groups is 2. The Kier molecular flexibility index (Phi) is 4.89. The van der Waals surface area contributed by atoms with Gasteiger partial charge < -0.3 is 4.42 Å². The number of pyridine rings is 1. The van der Waals surface area contributed by atoms with Crippen LogP contribution in [0.2, 0.25) is 0 Å². The Morgan fingerprint density at radius 3 is 2.97 bits per heavy atom. The standard InChI is InChI=1S/C23H27N9O2/c1-3-31-23(33)29(9-8-28-7-6-17-16(13-28)11-15(2)12-25-17)22-27-21-20(32(22)31)19(26-14-30(21)24)18-5-4-10-34-18/h4-5,10-12,14,22H,3,6-9,13,24H2,1-2H3. The van der Waals surface area contributed by atoms with Crippen LogP contribution < -0.4 is 5.84 Å². The number of nitrogens with two attached hydrogens (primary N) is 1. The van der Waals surface area contributed by atoms with Crippen molar-refractivity contribution in [1.29, 1.82) is 0 Å². The number of aromatic nitrogens is 1. The molecule has 6 heterocycles. The molecule has 0 saturated carbocycles. The van der Waals surface area contributed by atoms with Gasteiger partial charge in [-0.15, -0.1) is 0 Å². The number of hydrogen-bond donors (Lipinski definition) is 1. The summed E-state index contributed by atoms with van der Waals surface area (Å²) >= 11 is 0. The van der Waals surface area contributed by atoms with E-state index in [1.165, 1.54) is 28.2 Å². The first-order chi connectivity index (χ1) is 16.5. The van der Waals surface area contributed by atoms with Crippen LogP contribution in [0.4, 0.5) is 4.79 Å². The Morgan fingerprint density at radius 1 is 1.29 bits per heavy atom. The minimum Gasteiger partial charge on any atom is -0.463 e. The van der Waals surface area contributed by atoms with E-state index in [2.05, 4.69) is 27.9 Å². The third-order valence-corrected chi connectivity index (χ3v) is 6.65. The highest BCUT2D eigenvalue weighted by Crippen LogP contribution is 2.39. The van der Waals surface area contributed by atoms with Crippen LogP contribution in [0.3, 0.4) is 0 Å². The first-order valence-electron chi connectivity index (χ1n) is 11.5. The summed E-state index contributed by atoms with van der Waals surface area (Å²) in [5, 5.41) is 4.99. The summed E-state index contributed by atoms with van der Waals surface area (Å²) in [5.74, 6) is 7.35. The number of furan rings is 1. The monoisotopic (exact) mass is 461 g/mol. The zero-order valence-electron chi connectivity index (χ0n) is 19.3. The SMILES string of the molecule is CCN1C(=O)N(CCN2CCc3ncc(C)cc3C2)C2N=C3C(=C(c4ccco4)N=CN3N)N21. The first kappa shape index (κ1) is 20.9. The molecule has 11 heteroatoms. The summed E-state index contributed by atoms with van der Waals surface area (Å²) in [7, 11) is 0. The van der Waals surface area contributed by atoms with Gasteiger partial charge in [-0.1, -0.05) is 6.07 Å². The van der Waals surface area contributed by atoms with E-state index < -0.39 is 6.29 Å². The van der Waals surface area contributed by atoms with Crippen LogP contribution in [-0.2, 0) is 13.0 Å². The smallest absolute Gasteiger partial charge is 0.342 e. The fourth-order valence-electron chi connectivity index (χ4n) is 5.00. The molecule has 2 aromatic rings. The van der Waals surface area contributed by atoms with Crippen LogP contribution >= 0.6 is 0 Å². The minimum absolute atomic E-state index is 0.0744. The number of carbonyl (C=O) groups is 1. The highest BCUT2D eigenvalue weighted by Gasteiger charge is 2.52. The average molecular weight is 462 g/mol. The molecule has 2 aromatic heterocycles. The van der Waals surface area contributed by atoms with Crippen LogP contribution in [0.25, 0.3) is 5.70 Å². The maximum Gasteiger partial charge on any atom is 0.342 e. The van der Waals surface area contributed by atoms with Crippen molar-refractivity contribution in [3.63, 3.8) is 0 Å². The van der Waals surface area contributed by atoms with Gasteiger partial charge in [-0.2, -0.15) is 0 Å². The number of fused-ring (bicyclic) bond motifs is 4. The summed E-state index contributed by atoms with van der Waals surface area (Å²) in [6, 6.07) is 5.79. The van der Waals surface area contributed by atoms with Gasteiger partial charge in [0, 0.05) is 51.0 Å². The number of urea groups is 1. The number of nitrogens with zero attached hydrogens (tertiary/aromatic N) is 8. The summed E-state index contributed by atoms with van der Waals surface area (Å²) < 4.78 is 5.61. The largest absolute Gasteiger partial charge is 0.463 e. The van der Waals surface area contributed by atoms with Gasteiger partial charge in [-0.25, -0.2) is 35.6 Å². The van der Waals surface area contributed by atoms with Crippen molar-refractivity contribution in [3.05, 3.63) is 58.9 Å². The molecule has 1 unspecified atom stereocenters. The highest BCUT2D eigenvalue weighted by atomic mass is 16.3. The van der Waals surface area contributed by atoms with Gasteiger partial charge in [0.15, 0.2) is 11.6 Å². The van der Waals surface area contributed by atoms with Crippen molar-refractivity contribution in [2.24, 2.45) is 15.8 Å². The number of aryl methyl sites for hydroxylation is 1. The molecule has 4 aliphatic heterocycles. The Morgan fingerprint density at radius 2 is 2.18 bits per heavy atom. The summed E-state index contributed by atoms with van der Waals surface area (Å²) in [4.78, 5) is 31.5. The van der Waals surface area contributed by atoms with Crippen molar-refractivity contribution in [2.75, 3.05) is 26.2 Å². The molecule has 0 aromatic carbocycles. The van der Waals surface area contributed by atoms with E-state index in [0.29, 0.717) is 36.1 Å². The fourth-order valence-corrected chi connectivity index (χ4v) is 5.00. The summed E-state index contributed by atoms with van der Waals surface area (Å²) in [6.07, 6.45) is 5.47. The predicted molar refractivity (Wildman–Crippen MR) is 126 cm³/mol. The van der Waals surface area contributed by atoms with E-state index in [4.69, 9.17) is 15.3 Å². The molecule has 1 fully saturated rings. The molecule has 1 saturated heterocycles. The van der Waals surface area contributed by atoms with Crippen molar-refractivity contribution < 1.29 is 9.21 Å². The lowest BCUT2D eigenvalue weighted by atomic mass is 10.0. The van der Waals surface area contributed by atoms with Gasteiger partial charge in [0.1, 0.15) is 17.7 Å². The molecule has 2 N–H and O–H groups in total. The van der Waals surface area contributed by atoms with E-state index in [1.807, 2.05) is 30.3 Å². The van der Waals surface area contributed by atoms with Gasteiger partial charge in [-0.05, 0) is 37.1 Å². The molecule has 0 bridgehead atoms. The van der Waals surface area contributed by atoms with E-state index in [0.717, 1.165) is 26.1 Å². The van der Waals surface area contributed by atoms with Gasteiger partial charge in [0.25, 0.3) is 0 Å². The Hall–Kier alpha value is -3.70. The van der Waals surface area contributed by atoms with Crippen LogP contribution in [0, 0.1) is 6.92 Å². The molecule has 0 radical (unpaired) electrons. The molecule has 0 aliphatic carbocycles. The normalized spacial score (nSPS) is 21.9. The number of aliphatic imine (C=N–C) groups is 2. The Labute approximate surface area is 197 Å². The summed E-state index contributed by atoms with van der Waals surface area (Å²) in [5.41, 5.74) is 4.90. The molecule has 34 heavy (non-hydrogen) atoms. The Balaban J connectivity index is 1.26. The van der Waals surface area contributed by atoms with Gasteiger partial charge in [-0.3, -0.25) is 14.8 Å². The van der Waals surface area contributed by atoms with Crippen molar-refractivity contribution >= 4 is 23.9 Å². The predicted octanol–water partition coefficient (Wildman–Crippen LogP) is 1.60. The van der Waals surface area contributed by atoms with Crippen LogP contribution in [0.5, 0.6) is 0 Å². The second-order valence-electron chi connectivity index (χ2n) is 8.81. The lowest BCUT2D eigenvalue weighted by molar-refractivity contribution is 0.0664. The van der Waals surface area contributed by atoms with E-state index in [9.17, 15) is 4.79 Å². The van der Waals surface area contributed by atoms with E-state index in [-0.39, 0.29) is 6.03 Å². The van der Waals surface area contributed by atoms with Gasteiger partial charge in [0.05, 0.1) is 6.26 Å².